The molecule has 5 rings (SSSR count). The molecule has 0 radical (unpaired) electrons. The summed E-state index contributed by atoms with van der Waals surface area (Å²) in [5.74, 6) is -3.29. The fraction of sp³-hybridized carbons (Fsp3) is 0.280. The standard InChI is InChI=1S/C25H21F5N6O/c26-24(27)5-7-36(8-6-24)14-15-9-17(12-31-11-15)16-1-3-20-19(10-16)22(35-34-20)23(37)33-21-4-2-18(13-32-21)25(28,29)30/h1-4,9-13H,5-8,14H2,(H,34,35)(H,32,33,37). The van der Waals surface area contributed by atoms with Gasteiger partial charge in [0.15, 0.2) is 5.69 Å². The molecule has 0 unspecified atom stereocenters. The maximum Gasteiger partial charge on any atom is 0.417 e. The number of benzene rings is 1. The Kier molecular flexibility index (Phi) is 6.36. The first-order valence-corrected chi connectivity index (χ1v) is 11.4. The van der Waals surface area contributed by atoms with Gasteiger partial charge in [0.25, 0.3) is 11.8 Å². The van der Waals surface area contributed by atoms with Crippen LogP contribution in [0.2, 0.25) is 0 Å². The second-order valence-corrected chi connectivity index (χ2v) is 8.93. The lowest BCUT2D eigenvalue weighted by atomic mass is 10.0. The number of piperidine rings is 1. The van der Waals surface area contributed by atoms with Crippen molar-refractivity contribution < 1.29 is 26.7 Å². The number of carbonyl (C=O) groups excluding carboxylic acids is 1. The summed E-state index contributed by atoms with van der Waals surface area (Å²) in [5.41, 5.74) is 2.13. The average molecular weight is 516 g/mol. The van der Waals surface area contributed by atoms with Gasteiger partial charge in [-0.05, 0) is 41.5 Å². The van der Waals surface area contributed by atoms with Gasteiger partial charge in [0.1, 0.15) is 5.82 Å². The van der Waals surface area contributed by atoms with Gasteiger partial charge in [-0.25, -0.2) is 13.8 Å². The van der Waals surface area contributed by atoms with Crippen LogP contribution in [0.1, 0.15) is 34.5 Å². The number of rotatable bonds is 5. The minimum absolute atomic E-state index is 0.0438. The Morgan fingerprint density at radius 2 is 1.81 bits per heavy atom. The number of aromatic nitrogens is 4. The lowest BCUT2D eigenvalue weighted by Crippen LogP contribution is -2.38. The van der Waals surface area contributed by atoms with Gasteiger partial charge in [0.05, 0.1) is 11.1 Å². The monoisotopic (exact) mass is 516 g/mol. The Morgan fingerprint density at radius 1 is 1.03 bits per heavy atom. The molecule has 37 heavy (non-hydrogen) atoms. The van der Waals surface area contributed by atoms with Gasteiger partial charge in [0, 0.05) is 62.0 Å². The molecule has 12 heteroatoms. The highest BCUT2D eigenvalue weighted by molar-refractivity contribution is 6.11. The molecule has 2 N–H and O–H groups in total. The summed E-state index contributed by atoms with van der Waals surface area (Å²) in [4.78, 5) is 22.7. The van der Waals surface area contributed by atoms with E-state index in [1.54, 1.807) is 24.5 Å². The van der Waals surface area contributed by atoms with E-state index in [9.17, 15) is 26.7 Å². The van der Waals surface area contributed by atoms with Crippen molar-refractivity contribution in [3.63, 3.8) is 0 Å². The Morgan fingerprint density at radius 3 is 2.51 bits per heavy atom. The number of nitrogens with one attached hydrogen (secondary N) is 2. The maximum atomic E-state index is 13.5. The number of hydrogen-bond acceptors (Lipinski definition) is 5. The van der Waals surface area contributed by atoms with Gasteiger partial charge in [-0.3, -0.25) is 19.8 Å². The highest BCUT2D eigenvalue weighted by atomic mass is 19.4. The number of alkyl halides is 5. The first-order chi connectivity index (χ1) is 17.6. The number of pyridine rings is 2. The Hall–Kier alpha value is -3.93. The molecule has 1 amide bonds. The van der Waals surface area contributed by atoms with Crippen LogP contribution in [-0.2, 0) is 12.7 Å². The van der Waals surface area contributed by atoms with E-state index in [0.29, 0.717) is 36.7 Å². The molecule has 0 aliphatic carbocycles. The number of carbonyl (C=O) groups is 1. The number of hydrogen-bond donors (Lipinski definition) is 2. The molecule has 1 aromatic carbocycles. The number of H-pyrrole nitrogens is 1. The van der Waals surface area contributed by atoms with Gasteiger partial charge in [-0.2, -0.15) is 18.3 Å². The number of halogens is 5. The van der Waals surface area contributed by atoms with E-state index < -0.39 is 23.6 Å². The van der Waals surface area contributed by atoms with Crippen molar-refractivity contribution in [1.29, 1.82) is 0 Å². The average Bonchev–Trinajstić information content (AvgIpc) is 3.29. The topological polar surface area (TPSA) is 86.8 Å². The fourth-order valence-corrected chi connectivity index (χ4v) is 4.21. The van der Waals surface area contributed by atoms with Crippen LogP contribution in [0.3, 0.4) is 0 Å². The second kappa shape index (κ2) is 9.51. The van der Waals surface area contributed by atoms with E-state index in [1.165, 1.54) is 0 Å². The first kappa shape index (κ1) is 24.8. The van der Waals surface area contributed by atoms with Gasteiger partial charge in [-0.1, -0.05) is 6.07 Å². The minimum atomic E-state index is -4.53. The van der Waals surface area contributed by atoms with Crippen molar-refractivity contribution in [3.8, 4) is 11.1 Å². The molecule has 1 aliphatic heterocycles. The molecule has 3 aromatic heterocycles. The van der Waals surface area contributed by atoms with E-state index in [0.717, 1.165) is 28.8 Å². The van der Waals surface area contributed by atoms with Crippen LogP contribution in [-0.4, -0.2) is 50.0 Å². The van der Waals surface area contributed by atoms with Crippen molar-refractivity contribution in [3.05, 3.63) is 71.8 Å². The van der Waals surface area contributed by atoms with Gasteiger partial charge < -0.3 is 5.32 Å². The summed E-state index contributed by atoms with van der Waals surface area (Å²) in [6, 6.07) is 9.18. The SMILES string of the molecule is O=C(Nc1ccc(C(F)(F)F)cn1)c1n[nH]c2ccc(-c3cncc(CN4CCC(F)(F)CC4)c3)cc12. The number of aromatic amines is 1. The molecule has 1 fully saturated rings. The third kappa shape index (κ3) is 5.58. The lowest BCUT2D eigenvalue weighted by Gasteiger charge is -2.31. The van der Waals surface area contributed by atoms with E-state index in [4.69, 9.17) is 0 Å². The van der Waals surface area contributed by atoms with Crippen LogP contribution < -0.4 is 5.32 Å². The summed E-state index contributed by atoms with van der Waals surface area (Å²) < 4.78 is 65.2. The van der Waals surface area contributed by atoms with Crippen molar-refractivity contribution in [2.24, 2.45) is 0 Å². The Bertz CT molecular complexity index is 1420. The number of nitrogens with zero attached hydrogens (tertiary/aromatic N) is 4. The zero-order chi connectivity index (χ0) is 26.2. The summed E-state index contributed by atoms with van der Waals surface area (Å²) in [7, 11) is 0. The molecule has 1 saturated heterocycles. The zero-order valence-electron chi connectivity index (χ0n) is 19.3. The van der Waals surface area contributed by atoms with Crippen molar-refractivity contribution >= 4 is 22.6 Å². The van der Waals surface area contributed by atoms with Crippen LogP contribution in [0.5, 0.6) is 0 Å². The summed E-state index contributed by atoms with van der Waals surface area (Å²) >= 11 is 0. The van der Waals surface area contributed by atoms with E-state index >= 15 is 0 Å². The molecule has 192 valence electrons. The van der Waals surface area contributed by atoms with Gasteiger partial charge in [0.2, 0.25) is 0 Å². The Labute approximate surface area is 207 Å². The third-order valence-corrected chi connectivity index (χ3v) is 6.23. The fourth-order valence-electron chi connectivity index (χ4n) is 4.21. The number of likely N-dealkylation sites (tertiary alicyclic amines) is 1. The van der Waals surface area contributed by atoms with Crippen molar-refractivity contribution in [2.75, 3.05) is 18.4 Å². The van der Waals surface area contributed by atoms with Crippen LogP contribution in [0.15, 0.2) is 55.0 Å². The van der Waals surface area contributed by atoms with Crippen LogP contribution in [0, 0.1) is 0 Å². The quantitative estimate of drug-likeness (QED) is 0.341. The maximum absolute atomic E-state index is 13.5. The first-order valence-electron chi connectivity index (χ1n) is 11.4. The van der Waals surface area contributed by atoms with E-state index in [2.05, 4.69) is 25.5 Å². The molecule has 0 saturated carbocycles. The lowest BCUT2D eigenvalue weighted by molar-refractivity contribution is -0.137. The Balaban J connectivity index is 1.34. The summed E-state index contributed by atoms with van der Waals surface area (Å²) in [6.45, 7) is 1.12. The number of amides is 1. The van der Waals surface area contributed by atoms with E-state index in [-0.39, 0.29) is 24.4 Å². The highest BCUT2D eigenvalue weighted by Gasteiger charge is 2.34. The van der Waals surface area contributed by atoms with Crippen molar-refractivity contribution in [2.45, 2.75) is 31.5 Å². The molecular formula is C25H21F5N6O. The molecule has 4 heterocycles. The van der Waals surface area contributed by atoms with E-state index in [1.807, 2.05) is 17.0 Å². The van der Waals surface area contributed by atoms with Gasteiger partial charge in [-0.15, -0.1) is 0 Å². The summed E-state index contributed by atoms with van der Waals surface area (Å²) in [6.07, 6.45) is -0.845. The van der Waals surface area contributed by atoms with Crippen LogP contribution >= 0.6 is 0 Å². The predicted molar refractivity (Wildman–Crippen MR) is 126 cm³/mol. The molecule has 0 atom stereocenters. The molecular weight excluding hydrogens is 495 g/mol. The normalized spacial score (nSPS) is 16.1. The smallest absolute Gasteiger partial charge is 0.305 e. The summed E-state index contributed by atoms with van der Waals surface area (Å²) in [5, 5.41) is 9.80. The molecule has 0 spiro atoms. The zero-order valence-corrected chi connectivity index (χ0v) is 19.3. The molecule has 0 bridgehead atoms. The minimum Gasteiger partial charge on any atom is -0.305 e. The van der Waals surface area contributed by atoms with Crippen LogP contribution in [0.4, 0.5) is 27.8 Å². The number of fused-ring (bicyclic) bond motifs is 1. The predicted octanol–water partition coefficient (Wildman–Crippen LogP) is 5.52. The second-order valence-electron chi connectivity index (χ2n) is 8.93. The third-order valence-electron chi connectivity index (χ3n) is 6.23. The van der Waals surface area contributed by atoms with Gasteiger partial charge >= 0.3 is 6.18 Å². The molecule has 1 aliphatic rings. The molecule has 7 nitrogen and oxygen atoms in total. The highest BCUT2D eigenvalue weighted by Crippen LogP contribution is 2.31. The number of anilines is 1. The molecule has 4 aromatic rings. The van der Waals surface area contributed by atoms with Crippen molar-refractivity contribution in [1.82, 2.24) is 25.1 Å². The largest absolute Gasteiger partial charge is 0.417 e. The van der Waals surface area contributed by atoms with Crippen LogP contribution in [0.25, 0.3) is 22.0 Å².